The fraction of sp³-hybridized carbons (Fsp3) is 0.351. The van der Waals surface area contributed by atoms with E-state index in [1.54, 1.807) is 0 Å². The van der Waals surface area contributed by atoms with Gasteiger partial charge < -0.3 is 18.6 Å². The zero-order valence-corrected chi connectivity index (χ0v) is 26.4. The third-order valence-electron chi connectivity index (χ3n) is 11.2. The lowest BCUT2D eigenvalue weighted by atomic mass is 9.67. The molecule has 6 heteroatoms. The summed E-state index contributed by atoms with van der Waals surface area (Å²) in [5, 5.41) is 0. The molecule has 1 spiro atoms. The molecule has 8 rings (SSSR count). The summed E-state index contributed by atoms with van der Waals surface area (Å²) in [6.45, 7) is 16.9. The van der Waals surface area contributed by atoms with E-state index in [0.29, 0.717) is 0 Å². The van der Waals surface area contributed by atoms with Crippen LogP contribution in [0.1, 0.15) is 77.6 Å². The second-order valence-corrected chi connectivity index (χ2v) is 14.6. The van der Waals surface area contributed by atoms with Crippen molar-refractivity contribution in [1.29, 1.82) is 0 Å². The highest BCUT2D eigenvalue weighted by molar-refractivity contribution is 6.65. The molecule has 0 aromatic heterocycles. The number of fused-ring (bicyclic) bond motifs is 10. The van der Waals surface area contributed by atoms with Gasteiger partial charge in [0.15, 0.2) is 0 Å². The number of hydrogen-bond donors (Lipinski definition) is 0. The predicted molar refractivity (Wildman–Crippen MR) is 174 cm³/mol. The Balaban J connectivity index is 1.41. The second-order valence-electron chi connectivity index (χ2n) is 14.6. The van der Waals surface area contributed by atoms with Crippen LogP contribution in [0.5, 0.6) is 0 Å². The lowest BCUT2D eigenvalue weighted by Gasteiger charge is -2.32. The maximum absolute atomic E-state index is 6.65. The van der Waals surface area contributed by atoms with Crippen LogP contribution in [0.4, 0.5) is 0 Å². The quantitative estimate of drug-likeness (QED) is 0.220. The SMILES string of the molecule is CC1(C)OB(c2cccc3c2-c2ccccc2C32c3ccccc3-c3c(B4OC(C)(C)C(C)(C)O4)cccc32)OC1(C)C. The summed E-state index contributed by atoms with van der Waals surface area (Å²) in [4.78, 5) is 0. The summed E-state index contributed by atoms with van der Waals surface area (Å²) in [7, 11) is -0.925. The Morgan fingerprint density at radius 1 is 0.395 bits per heavy atom. The van der Waals surface area contributed by atoms with E-state index in [0.717, 1.165) is 10.9 Å². The zero-order valence-electron chi connectivity index (χ0n) is 26.4. The molecule has 0 saturated carbocycles. The molecule has 4 aromatic carbocycles. The molecule has 4 aliphatic rings. The summed E-state index contributed by atoms with van der Waals surface area (Å²) in [5.74, 6) is 0. The summed E-state index contributed by atoms with van der Waals surface area (Å²) in [5.41, 5.74) is 9.91. The Bertz CT molecular complexity index is 1660. The van der Waals surface area contributed by atoms with Crippen LogP contribution in [-0.4, -0.2) is 36.6 Å². The standard InChI is InChI=1S/C37H38B2O4/c1-33(2)34(3,4)41-38(40-33)29-21-13-19-27-31(29)23-15-9-11-17-25(23)37(27)26-18-12-10-16-24(26)32-28(37)20-14-22-30(32)39-42-35(5,6)36(7,8)43-39/h9-22H,1-8H3. The zero-order chi connectivity index (χ0) is 30.2. The van der Waals surface area contributed by atoms with Gasteiger partial charge in [-0.25, -0.2) is 0 Å². The van der Waals surface area contributed by atoms with Gasteiger partial charge in [0.1, 0.15) is 0 Å². The topological polar surface area (TPSA) is 36.9 Å². The molecule has 2 aliphatic carbocycles. The van der Waals surface area contributed by atoms with E-state index in [9.17, 15) is 0 Å². The van der Waals surface area contributed by atoms with Crippen molar-refractivity contribution in [2.24, 2.45) is 0 Å². The van der Waals surface area contributed by atoms with Gasteiger partial charge in [0.05, 0.1) is 27.8 Å². The van der Waals surface area contributed by atoms with Crippen molar-refractivity contribution in [3.63, 3.8) is 0 Å². The fourth-order valence-corrected chi connectivity index (χ4v) is 7.63. The van der Waals surface area contributed by atoms with Crippen molar-refractivity contribution in [3.05, 3.63) is 107 Å². The van der Waals surface area contributed by atoms with Crippen molar-refractivity contribution in [1.82, 2.24) is 0 Å². The smallest absolute Gasteiger partial charge is 0.399 e. The van der Waals surface area contributed by atoms with E-state index in [1.165, 1.54) is 44.5 Å². The van der Waals surface area contributed by atoms with Gasteiger partial charge in [0, 0.05) is 0 Å². The van der Waals surface area contributed by atoms with Crippen LogP contribution in [0, 0.1) is 0 Å². The molecule has 2 fully saturated rings. The van der Waals surface area contributed by atoms with Gasteiger partial charge in [-0.2, -0.15) is 0 Å². The molecule has 0 bridgehead atoms. The van der Waals surface area contributed by atoms with Crippen LogP contribution in [0.2, 0.25) is 0 Å². The number of benzene rings is 4. The van der Waals surface area contributed by atoms with E-state index in [-0.39, 0.29) is 0 Å². The van der Waals surface area contributed by atoms with Crippen LogP contribution in [0.3, 0.4) is 0 Å². The van der Waals surface area contributed by atoms with Gasteiger partial charge in [-0.1, -0.05) is 84.9 Å². The maximum Gasteiger partial charge on any atom is 0.495 e. The summed E-state index contributed by atoms with van der Waals surface area (Å²) >= 11 is 0. The fourth-order valence-electron chi connectivity index (χ4n) is 7.63. The van der Waals surface area contributed by atoms with Gasteiger partial charge in [0.2, 0.25) is 0 Å². The largest absolute Gasteiger partial charge is 0.495 e. The van der Waals surface area contributed by atoms with Crippen LogP contribution in [0.15, 0.2) is 84.9 Å². The molecule has 0 N–H and O–H groups in total. The molecule has 4 nitrogen and oxygen atoms in total. The number of hydrogen-bond acceptors (Lipinski definition) is 4. The Morgan fingerprint density at radius 2 is 0.721 bits per heavy atom. The van der Waals surface area contributed by atoms with E-state index < -0.39 is 42.1 Å². The predicted octanol–water partition coefficient (Wildman–Crippen LogP) is 6.63. The Labute approximate surface area is 256 Å². The van der Waals surface area contributed by atoms with Crippen LogP contribution < -0.4 is 10.9 Å². The summed E-state index contributed by atoms with van der Waals surface area (Å²) in [6, 6.07) is 31.1. The van der Waals surface area contributed by atoms with Crippen LogP contribution in [-0.2, 0) is 24.0 Å². The summed E-state index contributed by atoms with van der Waals surface area (Å²) < 4.78 is 26.6. The first-order valence-electron chi connectivity index (χ1n) is 15.5. The molecule has 2 heterocycles. The maximum atomic E-state index is 6.65. The molecule has 0 radical (unpaired) electrons. The Morgan fingerprint density at radius 3 is 1.09 bits per heavy atom. The molecule has 0 atom stereocenters. The van der Waals surface area contributed by atoms with E-state index in [2.05, 4.69) is 140 Å². The number of rotatable bonds is 2. The van der Waals surface area contributed by atoms with Crippen molar-refractivity contribution < 1.29 is 18.6 Å². The average molecular weight is 568 g/mol. The first-order valence-corrected chi connectivity index (χ1v) is 15.5. The monoisotopic (exact) mass is 568 g/mol. The Hall–Kier alpha value is -3.15. The molecular weight excluding hydrogens is 530 g/mol. The minimum Gasteiger partial charge on any atom is -0.399 e. The molecular formula is C37H38B2O4. The minimum atomic E-state index is -0.489. The normalized spacial score (nSPS) is 22.4. The van der Waals surface area contributed by atoms with Crippen LogP contribution in [0.25, 0.3) is 22.3 Å². The van der Waals surface area contributed by atoms with Gasteiger partial charge in [-0.05, 0) is 111 Å². The molecule has 0 unspecified atom stereocenters. The van der Waals surface area contributed by atoms with Crippen molar-refractivity contribution in [3.8, 4) is 22.3 Å². The lowest BCUT2D eigenvalue weighted by molar-refractivity contribution is 0.00578. The van der Waals surface area contributed by atoms with Gasteiger partial charge >= 0.3 is 14.2 Å². The van der Waals surface area contributed by atoms with E-state index in [1.807, 2.05) is 0 Å². The lowest BCUT2D eigenvalue weighted by Crippen LogP contribution is -2.41. The van der Waals surface area contributed by atoms with Gasteiger partial charge in [-0.3, -0.25) is 0 Å². The molecule has 0 amide bonds. The molecule has 4 aromatic rings. The van der Waals surface area contributed by atoms with Gasteiger partial charge in [0.25, 0.3) is 0 Å². The third kappa shape index (κ3) is 3.38. The van der Waals surface area contributed by atoms with Gasteiger partial charge in [-0.15, -0.1) is 0 Å². The van der Waals surface area contributed by atoms with E-state index in [4.69, 9.17) is 18.6 Å². The highest BCUT2D eigenvalue weighted by Gasteiger charge is 2.58. The van der Waals surface area contributed by atoms with Crippen molar-refractivity contribution in [2.45, 2.75) is 83.2 Å². The highest BCUT2D eigenvalue weighted by Crippen LogP contribution is 2.62. The third-order valence-corrected chi connectivity index (χ3v) is 11.2. The minimum absolute atomic E-state index is 0.430. The highest BCUT2D eigenvalue weighted by atomic mass is 16.7. The average Bonchev–Trinajstić information content (AvgIpc) is 3.58. The van der Waals surface area contributed by atoms with E-state index >= 15 is 0 Å². The Kier molecular flexibility index (Phi) is 5.43. The molecule has 2 aliphatic heterocycles. The van der Waals surface area contributed by atoms with Crippen LogP contribution >= 0.6 is 0 Å². The molecule has 2 saturated heterocycles. The molecule has 216 valence electrons. The molecule has 43 heavy (non-hydrogen) atoms. The first-order chi connectivity index (χ1) is 20.3. The van der Waals surface area contributed by atoms with Crippen molar-refractivity contribution in [2.75, 3.05) is 0 Å². The second kappa shape index (κ2) is 8.51. The summed E-state index contributed by atoms with van der Waals surface area (Å²) in [6.07, 6.45) is 0. The first kappa shape index (κ1) is 27.4. The van der Waals surface area contributed by atoms with Crippen molar-refractivity contribution >= 4 is 25.2 Å².